The molecule has 0 saturated carbocycles. The smallest absolute Gasteiger partial charge is 0.197 e. The molecule has 1 heterocycles. The molecular weight excluding hydrogens is 326 g/mol. The van der Waals surface area contributed by atoms with E-state index in [1.54, 1.807) is 31.2 Å². The Balaban J connectivity index is 1.96. The molecule has 0 radical (unpaired) electrons. The molecule has 124 valence electrons. The van der Waals surface area contributed by atoms with Gasteiger partial charge in [-0.3, -0.25) is 0 Å². The minimum absolute atomic E-state index is 0.257. The van der Waals surface area contributed by atoms with Crippen LogP contribution in [0.2, 0.25) is 0 Å². The number of aryl methyl sites for hydroxylation is 2. The van der Waals surface area contributed by atoms with Crippen molar-refractivity contribution in [1.82, 2.24) is 5.16 Å². The van der Waals surface area contributed by atoms with Gasteiger partial charge in [-0.25, -0.2) is 8.42 Å². The van der Waals surface area contributed by atoms with Crippen LogP contribution in [0.3, 0.4) is 0 Å². The van der Waals surface area contributed by atoms with E-state index in [0.717, 1.165) is 11.1 Å². The van der Waals surface area contributed by atoms with Gasteiger partial charge in [0.15, 0.2) is 27.0 Å². The number of hydrogen-bond acceptors (Lipinski definition) is 5. The van der Waals surface area contributed by atoms with E-state index in [0.29, 0.717) is 23.0 Å². The largest absolute Gasteiger partial charge is 0.451 e. The van der Waals surface area contributed by atoms with Crippen LogP contribution in [0.4, 0.5) is 0 Å². The van der Waals surface area contributed by atoms with Gasteiger partial charge in [0, 0.05) is 18.7 Å². The summed E-state index contributed by atoms with van der Waals surface area (Å²) in [5.74, 6) is 1.75. The third-order valence-electron chi connectivity index (χ3n) is 3.61. The average molecular weight is 343 g/mol. The zero-order valence-electron chi connectivity index (χ0n) is 13.6. The van der Waals surface area contributed by atoms with E-state index in [2.05, 4.69) is 5.16 Å². The standard InChI is InChI=1S/C18H17NO4S/c1-12-4-8-15(9-5-12)22-18-13(2)23-19-17(18)14-6-10-16(11-7-14)24(3,20)21/h4-11H,1-3H3. The van der Waals surface area contributed by atoms with Gasteiger partial charge in [-0.2, -0.15) is 0 Å². The lowest BCUT2D eigenvalue weighted by atomic mass is 10.1. The molecule has 3 rings (SSSR count). The van der Waals surface area contributed by atoms with Gasteiger partial charge in [0.25, 0.3) is 0 Å². The van der Waals surface area contributed by atoms with Crippen LogP contribution in [-0.2, 0) is 9.84 Å². The summed E-state index contributed by atoms with van der Waals surface area (Å²) in [7, 11) is -3.23. The summed E-state index contributed by atoms with van der Waals surface area (Å²) in [6.45, 7) is 3.77. The van der Waals surface area contributed by atoms with Crippen molar-refractivity contribution < 1.29 is 17.7 Å². The van der Waals surface area contributed by atoms with Gasteiger partial charge in [0.1, 0.15) is 5.75 Å². The molecule has 0 aliphatic carbocycles. The topological polar surface area (TPSA) is 69.4 Å². The van der Waals surface area contributed by atoms with Gasteiger partial charge in [-0.05, 0) is 31.2 Å². The van der Waals surface area contributed by atoms with Crippen LogP contribution in [-0.4, -0.2) is 19.8 Å². The fourth-order valence-electron chi connectivity index (χ4n) is 2.25. The van der Waals surface area contributed by atoms with Crippen molar-refractivity contribution in [3.05, 3.63) is 59.9 Å². The summed E-state index contributed by atoms with van der Waals surface area (Å²) in [4.78, 5) is 0.257. The van der Waals surface area contributed by atoms with Crippen molar-refractivity contribution in [2.45, 2.75) is 18.7 Å². The summed E-state index contributed by atoms with van der Waals surface area (Å²) in [6.07, 6.45) is 1.17. The average Bonchev–Trinajstić information content (AvgIpc) is 2.90. The fourth-order valence-corrected chi connectivity index (χ4v) is 2.88. The normalized spacial score (nSPS) is 11.5. The van der Waals surface area contributed by atoms with Crippen LogP contribution in [0.25, 0.3) is 11.3 Å². The van der Waals surface area contributed by atoms with Crippen LogP contribution >= 0.6 is 0 Å². The lowest BCUT2D eigenvalue weighted by Crippen LogP contribution is -1.96. The van der Waals surface area contributed by atoms with Crippen molar-refractivity contribution in [2.75, 3.05) is 6.26 Å². The number of aromatic nitrogens is 1. The molecule has 3 aromatic rings. The molecule has 0 aliphatic rings. The highest BCUT2D eigenvalue weighted by Crippen LogP contribution is 2.36. The predicted molar refractivity (Wildman–Crippen MR) is 91.0 cm³/mol. The second-order valence-electron chi connectivity index (χ2n) is 5.63. The SMILES string of the molecule is Cc1ccc(Oc2c(-c3ccc(S(C)(=O)=O)cc3)noc2C)cc1. The highest BCUT2D eigenvalue weighted by Gasteiger charge is 2.18. The minimum Gasteiger partial charge on any atom is -0.451 e. The molecule has 0 unspecified atom stereocenters. The molecule has 0 aliphatic heterocycles. The van der Waals surface area contributed by atoms with Gasteiger partial charge >= 0.3 is 0 Å². The van der Waals surface area contributed by atoms with Crippen molar-refractivity contribution in [3.8, 4) is 22.8 Å². The molecule has 0 saturated heterocycles. The number of hydrogen-bond donors (Lipinski definition) is 0. The molecule has 0 N–H and O–H groups in total. The van der Waals surface area contributed by atoms with Crippen LogP contribution in [0.15, 0.2) is 57.9 Å². The third-order valence-corrected chi connectivity index (χ3v) is 4.73. The maximum atomic E-state index is 11.6. The number of rotatable bonds is 4. The highest BCUT2D eigenvalue weighted by atomic mass is 32.2. The molecule has 0 amide bonds. The van der Waals surface area contributed by atoms with E-state index in [1.807, 2.05) is 31.2 Å². The molecule has 24 heavy (non-hydrogen) atoms. The Hall–Kier alpha value is -2.60. The van der Waals surface area contributed by atoms with Crippen molar-refractivity contribution in [2.24, 2.45) is 0 Å². The summed E-state index contributed by atoms with van der Waals surface area (Å²) in [6, 6.07) is 14.1. The number of sulfone groups is 1. The van der Waals surface area contributed by atoms with E-state index in [-0.39, 0.29) is 4.90 Å². The quantitative estimate of drug-likeness (QED) is 0.711. The molecule has 5 nitrogen and oxygen atoms in total. The summed E-state index contributed by atoms with van der Waals surface area (Å²) in [5, 5.41) is 4.04. The maximum absolute atomic E-state index is 11.6. The van der Waals surface area contributed by atoms with Crippen LogP contribution in [0.5, 0.6) is 11.5 Å². The van der Waals surface area contributed by atoms with Gasteiger partial charge in [0.05, 0.1) is 4.90 Å². The lowest BCUT2D eigenvalue weighted by Gasteiger charge is -2.07. The van der Waals surface area contributed by atoms with Crippen LogP contribution in [0.1, 0.15) is 11.3 Å². The molecule has 1 aromatic heterocycles. The zero-order chi connectivity index (χ0) is 17.3. The van der Waals surface area contributed by atoms with Gasteiger partial charge < -0.3 is 9.26 Å². The van der Waals surface area contributed by atoms with Gasteiger partial charge in [-0.15, -0.1) is 0 Å². The van der Waals surface area contributed by atoms with Crippen LogP contribution in [0, 0.1) is 13.8 Å². The number of benzene rings is 2. The summed E-state index contributed by atoms with van der Waals surface area (Å²) in [5.41, 5.74) is 2.40. The van der Waals surface area contributed by atoms with Crippen molar-refractivity contribution >= 4 is 9.84 Å². The molecule has 0 spiro atoms. The molecule has 0 fully saturated rings. The first-order chi connectivity index (χ1) is 11.3. The van der Waals surface area contributed by atoms with E-state index in [1.165, 1.54) is 6.26 Å². The molecular formula is C18H17NO4S. The number of nitrogens with zero attached hydrogens (tertiary/aromatic N) is 1. The summed E-state index contributed by atoms with van der Waals surface area (Å²) >= 11 is 0. The second-order valence-corrected chi connectivity index (χ2v) is 7.64. The molecule has 0 atom stereocenters. The lowest BCUT2D eigenvalue weighted by molar-refractivity contribution is 0.387. The second kappa shape index (κ2) is 6.13. The molecule has 0 bridgehead atoms. The van der Waals surface area contributed by atoms with Gasteiger partial charge in [0.2, 0.25) is 0 Å². The maximum Gasteiger partial charge on any atom is 0.197 e. The third kappa shape index (κ3) is 3.33. The Morgan fingerprint density at radius 1 is 0.958 bits per heavy atom. The first kappa shape index (κ1) is 16.3. The Kier molecular flexibility index (Phi) is 4.15. The fraction of sp³-hybridized carbons (Fsp3) is 0.167. The Morgan fingerprint density at radius 3 is 2.17 bits per heavy atom. The van der Waals surface area contributed by atoms with Gasteiger partial charge in [-0.1, -0.05) is 35.0 Å². The minimum atomic E-state index is -3.23. The predicted octanol–water partition coefficient (Wildman–Crippen LogP) is 4.15. The Bertz CT molecular complexity index is 955. The van der Waals surface area contributed by atoms with E-state index in [4.69, 9.17) is 9.26 Å². The molecule has 6 heteroatoms. The van der Waals surface area contributed by atoms with Crippen molar-refractivity contribution in [1.29, 1.82) is 0 Å². The van der Waals surface area contributed by atoms with Crippen molar-refractivity contribution in [3.63, 3.8) is 0 Å². The Labute approximate surface area is 140 Å². The van der Waals surface area contributed by atoms with E-state index in [9.17, 15) is 8.42 Å². The first-order valence-corrected chi connectivity index (χ1v) is 9.25. The first-order valence-electron chi connectivity index (χ1n) is 7.36. The highest BCUT2D eigenvalue weighted by molar-refractivity contribution is 7.90. The monoisotopic (exact) mass is 343 g/mol. The zero-order valence-corrected chi connectivity index (χ0v) is 14.4. The Morgan fingerprint density at radius 2 is 1.58 bits per heavy atom. The van der Waals surface area contributed by atoms with E-state index < -0.39 is 9.84 Å². The summed E-state index contributed by atoms with van der Waals surface area (Å²) < 4.78 is 34.3. The van der Waals surface area contributed by atoms with Crippen LogP contribution < -0.4 is 4.74 Å². The number of ether oxygens (including phenoxy) is 1. The molecule has 2 aromatic carbocycles. The van der Waals surface area contributed by atoms with E-state index >= 15 is 0 Å².